The van der Waals surface area contributed by atoms with E-state index in [-0.39, 0.29) is 34.7 Å². The second-order valence-corrected chi connectivity index (χ2v) is 6.17. The number of rotatable bonds is 6. The highest BCUT2D eigenvalue weighted by molar-refractivity contribution is 7.99. The molecule has 1 amide bonds. The number of carbonyl (C=O) groups excluding carboxylic acids is 1. The van der Waals surface area contributed by atoms with Crippen molar-refractivity contribution >= 4 is 17.7 Å². The molecule has 0 spiro atoms. The topological polar surface area (TPSA) is 55.1 Å². The number of nitrogens with zero attached hydrogens (tertiary/aromatic N) is 1. The van der Waals surface area contributed by atoms with Crippen molar-refractivity contribution in [1.82, 2.24) is 10.3 Å². The standard InChI is InChI=1S/C18H13F3N2O2S/c19-12-5-3-11(4-6-12)15-8-7-13(25-15)10-23-16(24)14-2-1-9-22-17(14)26-18(20)21/h1-9,18H,10H2,(H,23,24). The van der Waals surface area contributed by atoms with Crippen LogP contribution in [0, 0.1) is 5.82 Å². The van der Waals surface area contributed by atoms with Crippen LogP contribution in [0.2, 0.25) is 0 Å². The first-order valence-electron chi connectivity index (χ1n) is 7.55. The summed E-state index contributed by atoms with van der Waals surface area (Å²) in [5.74, 6) is -2.53. The van der Waals surface area contributed by atoms with Crippen LogP contribution < -0.4 is 5.32 Å². The highest BCUT2D eigenvalue weighted by Crippen LogP contribution is 2.26. The molecule has 2 aromatic heterocycles. The molecule has 0 aliphatic rings. The maximum Gasteiger partial charge on any atom is 0.290 e. The van der Waals surface area contributed by atoms with Crippen molar-refractivity contribution in [2.45, 2.75) is 17.3 Å². The molecule has 8 heteroatoms. The number of benzene rings is 1. The number of thioether (sulfide) groups is 1. The zero-order valence-corrected chi connectivity index (χ0v) is 14.1. The number of aromatic nitrogens is 1. The zero-order valence-electron chi connectivity index (χ0n) is 13.3. The van der Waals surface area contributed by atoms with Crippen LogP contribution >= 0.6 is 11.8 Å². The molecular weight excluding hydrogens is 365 g/mol. The Morgan fingerprint density at radius 3 is 2.65 bits per heavy atom. The number of halogens is 3. The average molecular weight is 378 g/mol. The van der Waals surface area contributed by atoms with Gasteiger partial charge in [0.2, 0.25) is 0 Å². The van der Waals surface area contributed by atoms with E-state index < -0.39 is 11.7 Å². The molecule has 0 bridgehead atoms. The Hall–Kier alpha value is -2.74. The minimum atomic E-state index is -2.67. The van der Waals surface area contributed by atoms with Crippen LogP contribution in [0.1, 0.15) is 16.1 Å². The number of amides is 1. The van der Waals surface area contributed by atoms with Gasteiger partial charge in [-0.1, -0.05) is 0 Å². The third kappa shape index (κ3) is 4.45. The average Bonchev–Trinajstić information content (AvgIpc) is 3.09. The SMILES string of the molecule is O=C(NCc1ccc(-c2ccc(F)cc2)o1)c1cccnc1SC(F)F. The maximum absolute atomic E-state index is 13.0. The van der Waals surface area contributed by atoms with E-state index in [9.17, 15) is 18.0 Å². The van der Waals surface area contributed by atoms with Gasteiger partial charge in [-0.15, -0.1) is 0 Å². The molecular formula is C18H13F3N2O2S. The quantitative estimate of drug-likeness (QED) is 0.631. The van der Waals surface area contributed by atoms with E-state index >= 15 is 0 Å². The number of alkyl halides is 2. The van der Waals surface area contributed by atoms with Gasteiger partial charge in [-0.05, 0) is 60.3 Å². The molecule has 0 saturated carbocycles. The molecule has 0 aliphatic heterocycles. The summed E-state index contributed by atoms with van der Waals surface area (Å²) in [5, 5.41) is 2.58. The molecule has 0 unspecified atom stereocenters. The summed E-state index contributed by atoms with van der Waals surface area (Å²) in [5.41, 5.74) is 0.773. The summed E-state index contributed by atoms with van der Waals surface area (Å²) in [6.07, 6.45) is 1.35. The summed E-state index contributed by atoms with van der Waals surface area (Å²) in [4.78, 5) is 16.1. The van der Waals surface area contributed by atoms with Gasteiger partial charge in [0, 0.05) is 11.8 Å². The van der Waals surface area contributed by atoms with Crippen LogP contribution in [0.5, 0.6) is 0 Å². The van der Waals surface area contributed by atoms with E-state index in [1.165, 1.54) is 30.5 Å². The van der Waals surface area contributed by atoms with Crippen LogP contribution in [-0.4, -0.2) is 16.6 Å². The van der Waals surface area contributed by atoms with E-state index in [2.05, 4.69) is 10.3 Å². The fraction of sp³-hybridized carbons (Fsp3) is 0.111. The Labute approximate surface area is 151 Å². The lowest BCUT2D eigenvalue weighted by Crippen LogP contribution is -2.23. The van der Waals surface area contributed by atoms with E-state index in [1.807, 2.05) is 0 Å². The number of hydrogen-bond acceptors (Lipinski definition) is 4. The minimum absolute atomic E-state index is 0.0357. The van der Waals surface area contributed by atoms with Crippen molar-refractivity contribution in [3.8, 4) is 11.3 Å². The van der Waals surface area contributed by atoms with E-state index in [4.69, 9.17) is 4.42 Å². The van der Waals surface area contributed by atoms with Gasteiger partial charge < -0.3 is 9.73 Å². The predicted octanol–water partition coefficient (Wildman–Crippen LogP) is 4.73. The Morgan fingerprint density at radius 2 is 1.92 bits per heavy atom. The van der Waals surface area contributed by atoms with E-state index in [0.29, 0.717) is 17.1 Å². The lowest BCUT2D eigenvalue weighted by molar-refractivity contribution is 0.0944. The van der Waals surface area contributed by atoms with Crippen molar-refractivity contribution in [1.29, 1.82) is 0 Å². The van der Waals surface area contributed by atoms with Crippen LogP contribution in [0.15, 0.2) is 64.2 Å². The first-order chi connectivity index (χ1) is 12.5. The summed E-state index contributed by atoms with van der Waals surface area (Å²) in [7, 11) is 0. The van der Waals surface area contributed by atoms with Gasteiger partial charge in [-0.3, -0.25) is 4.79 Å². The number of hydrogen-bond donors (Lipinski definition) is 1. The number of pyridine rings is 1. The van der Waals surface area contributed by atoms with Crippen molar-refractivity contribution in [3.63, 3.8) is 0 Å². The van der Waals surface area contributed by atoms with Crippen molar-refractivity contribution in [2.75, 3.05) is 0 Å². The Balaban J connectivity index is 1.66. The monoisotopic (exact) mass is 378 g/mol. The Morgan fingerprint density at radius 1 is 1.15 bits per heavy atom. The Bertz CT molecular complexity index is 897. The second-order valence-electron chi connectivity index (χ2n) is 5.19. The first-order valence-corrected chi connectivity index (χ1v) is 8.43. The normalized spacial score (nSPS) is 10.9. The first kappa shape index (κ1) is 18.1. The van der Waals surface area contributed by atoms with Gasteiger partial charge in [-0.25, -0.2) is 9.37 Å². The fourth-order valence-electron chi connectivity index (χ4n) is 2.25. The number of furan rings is 1. The summed E-state index contributed by atoms with van der Waals surface area (Å²) >= 11 is 0.218. The van der Waals surface area contributed by atoms with Crippen molar-refractivity contribution < 1.29 is 22.4 Å². The molecule has 0 saturated heterocycles. The number of nitrogens with one attached hydrogen (secondary N) is 1. The zero-order chi connectivity index (χ0) is 18.5. The summed E-state index contributed by atoms with van der Waals surface area (Å²) in [6.45, 7) is 0.0771. The lowest BCUT2D eigenvalue weighted by atomic mass is 10.2. The van der Waals surface area contributed by atoms with Gasteiger partial charge in [0.15, 0.2) is 0 Å². The summed E-state index contributed by atoms with van der Waals surface area (Å²) in [6, 6.07) is 12.1. The van der Waals surface area contributed by atoms with E-state index in [0.717, 1.165) is 0 Å². The number of carbonyl (C=O) groups is 1. The molecule has 4 nitrogen and oxygen atoms in total. The third-order valence-electron chi connectivity index (χ3n) is 3.43. The third-order valence-corrected chi connectivity index (χ3v) is 4.16. The second kappa shape index (κ2) is 8.09. The van der Waals surface area contributed by atoms with Crippen molar-refractivity contribution in [2.24, 2.45) is 0 Å². The van der Waals surface area contributed by atoms with Gasteiger partial charge in [0.1, 0.15) is 22.4 Å². The molecule has 1 aromatic carbocycles. The summed E-state index contributed by atoms with van der Waals surface area (Å²) < 4.78 is 43.7. The Kier molecular flexibility index (Phi) is 5.62. The highest BCUT2D eigenvalue weighted by Gasteiger charge is 2.17. The molecule has 0 aliphatic carbocycles. The highest BCUT2D eigenvalue weighted by atomic mass is 32.2. The fourth-order valence-corrected chi connectivity index (χ4v) is 2.82. The minimum Gasteiger partial charge on any atom is -0.459 e. The van der Waals surface area contributed by atoms with Gasteiger partial charge >= 0.3 is 0 Å². The van der Waals surface area contributed by atoms with Gasteiger partial charge in [0.05, 0.1) is 12.1 Å². The lowest BCUT2D eigenvalue weighted by Gasteiger charge is -2.07. The smallest absolute Gasteiger partial charge is 0.290 e. The molecule has 134 valence electrons. The van der Waals surface area contributed by atoms with Crippen LogP contribution in [0.3, 0.4) is 0 Å². The van der Waals surface area contributed by atoms with Crippen LogP contribution in [-0.2, 0) is 6.54 Å². The van der Waals surface area contributed by atoms with Crippen molar-refractivity contribution in [3.05, 3.63) is 71.9 Å². The predicted molar refractivity (Wildman–Crippen MR) is 91.4 cm³/mol. The molecule has 0 fully saturated rings. The molecule has 3 rings (SSSR count). The molecule has 2 heterocycles. The van der Waals surface area contributed by atoms with Crippen LogP contribution in [0.25, 0.3) is 11.3 Å². The maximum atomic E-state index is 13.0. The molecule has 26 heavy (non-hydrogen) atoms. The van der Waals surface area contributed by atoms with Gasteiger partial charge in [0.25, 0.3) is 11.7 Å². The molecule has 0 atom stereocenters. The van der Waals surface area contributed by atoms with Gasteiger partial charge in [-0.2, -0.15) is 8.78 Å². The van der Waals surface area contributed by atoms with Crippen LogP contribution in [0.4, 0.5) is 13.2 Å². The molecule has 0 radical (unpaired) electrons. The molecule has 3 aromatic rings. The van der Waals surface area contributed by atoms with E-state index in [1.54, 1.807) is 24.3 Å². The largest absolute Gasteiger partial charge is 0.459 e. The molecule has 1 N–H and O–H groups in total.